The first-order valence-corrected chi connectivity index (χ1v) is 8.90. The van der Waals surface area contributed by atoms with Crippen LogP contribution >= 0.6 is 27.5 Å². The number of rotatable bonds is 4. The summed E-state index contributed by atoms with van der Waals surface area (Å²) in [7, 11) is -3.58. The van der Waals surface area contributed by atoms with Crippen molar-refractivity contribution in [3.8, 4) is 0 Å². The molecule has 7 heteroatoms. The minimum absolute atomic E-state index is 0.0275. The second-order valence-electron chi connectivity index (χ2n) is 4.59. The van der Waals surface area contributed by atoms with Gasteiger partial charge in [-0.15, -0.1) is 0 Å². The second kappa shape index (κ2) is 6.08. The molecule has 4 nitrogen and oxygen atoms in total. The van der Waals surface area contributed by atoms with Crippen molar-refractivity contribution in [2.24, 2.45) is 0 Å². The number of halogens is 2. The summed E-state index contributed by atoms with van der Waals surface area (Å²) in [6.07, 6.45) is 5.51. The van der Waals surface area contributed by atoms with Crippen LogP contribution in [0.25, 0.3) is 0 Å². The Hall–Kier alpha value is -0.170. The van der Waals surface area contributed by atoms with Crippen molar-refractivity contribution in [3.63, 3.8) is 0 Å². The highest BCUT2D eigenvalue weighted by Gasteiger charge is 2.33. The van der Waals surface area contributed by atoms with Gasteiger partial charge in [-0.25, -0.2) is 13.4 Å². The highest BCUT2D eigenvalue weighted by atomic mass is 79.9. The van der Waals surface area contributed by atoms with E-state index in [1.54, 1.807) is 4.31 Å². The third kappa shape index (κ3) is 3.12. The monoisotopic (exact) mass is 366 g/mol. The number of hydrogen-bond donors (Lipinski definition) is 0. The Morgan fingerprint density at radius 1 is 1.47 bits per heavy atom. The SMILES string of the molecule is CCN(C1CCCC1)S(=O)(=O)c1cc(Br)cnc1Cl. The van der Waals surface area contributed by atoms with Crippen LogP contribution in [0.3, 0.4) is 0 Å². The molecule has 1 heterocycles. The number of pyridine rings is 1. The molecule has 1 aromatic rings. The molecule has 0 aromatic carbocycles. The van der Waals surface area contributed by atoms with Crippen LogP contribution in [0.4, 0.5) is 0 Å². The van der Waals surface area contributed by atoms with E-state index in [1.165, 1.54) is 12.3 Å². The molecule has 0 bridgehead atoms. The topological polar surface area (TPSA) is 50.3 Å². The van der Waals surface area contributed by atoms with Crippen LogP contribution in [-0.2, 0) is 10.0 Å². The van der Waals surface area contributed by atoms with E-state index < -0.39 is 10.0 Å². The van der Waals surface area contributed by atoms with Gasteiger partial charge in [0.1, 0.15) is 10.0 Å². The average molecular weight is 368 g/mol. The van der Waals surface area contributed by atoms with E-state index in [2.05, 4.69) is 20.9 Å². The van der Waals surface area contributed by atoms with E-state index in [9.17, 15) is 8.42 Å². The third-order valence-electron chi connectivity index (χ3n) is 3.40. The molecule has 0 radical (unpaired) electrons. The number of hydrogen-bond acceptors (Lipinski definition) is 3. The Labute approximate surface area is 127 Å². The van der Waals surface area contributed by atoms with Crippen LogP contribution in [-0.4, -0.2) is 30.3 Å². The van der Waals surface area contributed by atoms with Crippen molar-refractivity contribution in [3.05, 3.63) is 21.9 Å². The summed E-state index contributed by atoms with van der Waals surface area (Å²) in [4.78, 5) is 3.98. The lowest BCUT2D eigenvalue weighted by Gasteiger charge is -2.26. The smallest absolute Gasteiger partial charge is 0.242 e. The maximum Gasteiger partial charge on any atom is 0.246 e. The summed E-state index contributed by atoms with van der Waals surface area (Å²) in [5.74, 6) is 0. The van der Waals surface area contributed by atoms with E-state index in [0.29, 0.717) is 11.0 Å². The number of aromatic nitrogens is 1. The zero-order chi connectivity index (χ0) is 14.0. The molecule has 1 fully saturated rings. The molecule has 0 N–H and O–H groups in total. The zero-order valence-electron chi connectivity index (χ0n) is 10.6. The molecule has 19 heavy (non-hydrogen) atoms. The van der Waals surface area contributed by atoms with Gasteiger partial charge in [0.05, 0.1) is 0 Å². The Balaban J connectivity index is 2.42. The number of sulfonamides is 1. The molecule has 2 rings (SSSR count). The van der Waals surface area contributed by atoms with Crippen LogP contribution < -0.4 is 0 Å². The second-order valence-corrected chi connectivity index (χ2v) is 7.72. The minimum atomic E-state index is -3.58. The molecule has 0 unspecified atom stereocenters. The van der Waals surface area contributed by atoms with Crippen LogP contribution in [0, 0.1) is 0 Å². The first kappa shape index (κ1) is 15.2. The van der Waals surface area contributed by atoms with Crippen LogP contribution in [0.1, 0.15) is 32.6 Å². The van der Waals surface area contributed by atoms with Gasteiger partial charge in [-0.1, -0.05) is 31.4 Å². The van der Waals surface area contributed by atoms with Gasteiger partial charge in [-0.3, -0.25) is 0 Å². The Morgan fingerprint density at radius 3 is 2.68 bits per heavy atom. The van der Waals surface area contributed by atoms with Gasteiger partial charge >= 0.3 is 0 Å². The molecular weight excluding hydrogens is 352 g/mol. The van der Waals surface area contributed by atoms with Gasteiger partial charge in [0.2, 0.25) is 10.0 Å². The Bertz CT molecular complexity index is 559. The van der Waals surface area contributed by atoms with Crippen molar-refractivity contribution in [2.75, 3.05) is 6.54 Å². The molecule has 1 aromatic heterocycles. The summed E-state index contributed by atoms with van der Waals surface area (Å²) >= 11 is 9.19. The van der Waals surface area contributed by atoms with E-state index in [-0.39, 0.29) is 16.1 Å². The fraction of sp³-hybridized carbons (Fsp3) is 0.583. The van der Waals surface area contributed by atoms with E-state index in [0.717, 1.165) is 25.7 Å². The molecule has 0 aliphatic heterocycles. The fourth-order valence-corrected chi connectivity index (χ4v) is 5.14. The van der Waals surface area contributed by atoms with Gasteiger partial charge in [0.25, 0.3) is 0 Å². The summed E-state index contributed by atoms with van der Waals surface area (Å²) in [6.45, 7) is 2.31. The van der Waals surface area contributed by atoms with Crippen LogP contribution in [0.15, 0.2) is 21.6 Å². The summed E-state index contributed by atoms with van der Waals surface area (Å²) in [5.41, 5.74) is 0. The van der Waals surface area contributed by atoms with E-state index >= 15 is 0 Å². The first-order valence-electron chi connectivity index (χ1n) is 6.29. The minimum Gasteiger partial charge on any atom is -0.242 e. The maximum absolute atomic E-state index is 12.7. The highest BCUT2D eigenvalue weighted by molar-refractivity contribution is 9.10. The highest BCUT2D eigenvalue weighted by Crippen LogP contribution is 2.31. The third-order valence-corrected chi connectivity index (χ3v) is 6.29. The van der Waals surface area contributed by atoms with Crippen molar-refractivity contribution in [1.29, 1.82) is 0 Å². The van der Waals surface area contributed by atoms with E-state index in [1.807, 2.05) is 6.92 Å². The van der Waals surface area contributed by atoms with Crippen LogP contribution in [0.5, 0.6) is 0 Å². The maximum atomic E-state index is 12.7. The lowest BCUT2D eigenvalue weighted by atomic mass is 10.2. The lowest BCUT2D eigenvalue weighted by molar-refractivity contribution is 0.335. The molecule has 106 valence electrons. The molecule has 1 aliphatic rings. The van der Waals surface area contributed by atoms with E-state index in [4.69, 9.17) is 11.6 Å². The van der Waals surface area contributed by atoms with Gasteiger partial charge in [0.15, 0.2) is 0 Å². The molecular formula is C12H16BrClN2O2S. The van der Waals surface area contributed by atoms with Gasteiger partial charge in [-0.05, 0) is 34.8 Å². The average Bonchev–Trinajstić information content (AvgIpc) is 2.86. The molecule has 1 aliphatic carbocycles. The molecule has 0 atom stereocenters. The Kier molecular flexibility index (Phi) is 4.87. The molecule has 0 saturated heterocycles. The predicted octanol–water partition coefficient (Wildman–Crippen LogP) is 3.45. The number of nitrogens with zero attached hydrogens (tertiary/aromatic N) is 2. The van der Waals surface area contributed by atoms with Crippen LogP contribution in [0.2, 0.25) is 5.15 Å². The van der Waals surface area contributed by atoms with Crippen molar-refractivity contribution in [1.82, 2.24) is 9.29 Å². The standard InChI is InChI=1S/C12H16BrClN2O2S/c1-2-16(10-5-3-4-6-10)19(17,18)11-7-9(13)8-15-12(11)14/h7-8,10H,2-6H2,1H3. The largest absolute Gasteiger partial charge is 0.246 e. The fourth-order valence-electron chi connectivity index (χ4n) is 2.53. The van der Waals surface area contributed by atoms with Crippen molar-refractivity contribution >= 4 is 37.6 Å². The normalized spacial score (nSPS) is 17.3. The quantitative estimate of drug-likeness (QED) is 0.766. The summed E-state index contributed by atoms with van der Waals surface area (Å²) in [5, 5.41) is 0.0275. The lowest BCUT2D eigenvalue weighted by Crippen LogP contribution is -2.38. The molecule has 0 spiro atoms. The zero-order valence-corrected chi connectivity index (χ0v) is 13.8. The van der Waals surface area contributed by atoms with Gasteiger partial charge < -0.3 is 0 Å². The summed E-state index contributed by atoms with van der Waals surface area (Å²) in [6, 6.07) is 1.60. The van der Waals surface area contributed by atoms with Gasteiger partial charge in [-0.2, -0.15) is 4.31 Å². The molecule has 0 amide bonds. The predicted molar refractivity (Wildman–Crippen MR) is 78.8 cm³/mol. The summed E-state index contributed by atoms with van der Waals surface area (Å²) < 4.78 is 27.6. The van der Waals surface area contributed by atoms with Gasteiger partial charge in [0, 0.05) is 23.3 Å². The Morgan fingerprint density at radius 2 is 2.11 bits per heavy atom. The molecule has 1 saturated carbocycles. The van der Waals surface area contributed by atoms with Crippen molar-refractivity contribution < 1.29 is 8.42 Å². The first-order chi connectivity index (χ1) is 8.96. The van der Waals surface area contributed by atoms with Crippen molar-refractivity contribution in [2.45, 2.75) is 43.5 Å².